The van der Waals surface area contributed by atoms with Crippen molar-refractivity contribution in [2.45, 2.75) is 76.5 Å². The van der Waals surface area contributed by atoms with E-state index in [1.165, 1.54) is 0 Å². The summed E-state index contributed by atoms with van der Waals surface area (Å²) in [4.78, 5) is 0. The third kappa shape index (κ3) is 8.52. The maximum atomic E-state index is 9.38. The summed E-state index contributed by atoms with van der Waals surface area (Å²) in [7, 11) is 6.56. The molecule has 0 aromatic carbocycles. The van der Waals surface area contributed by atoms with Crippen LogP contribution in [0.5, 0.6) is 0 Å². The molecule has 0 spiro atoms. The third-order valence-electron chi connectivity index (χ3n) is 6.59. The summed E-state index contributed by atoms with van der Waals surface area (Å²) >= 11 is 16.3. The minimum Gasteiger partial charge on any atom is -0.393 e. The molecular formula is C22H40Br2Cl2O7. The van der Waals surface area contributed by atoms with Gasteiger partial charge in [0.2, 0.25) is 0 Å². The van der Waals surface area contributed by atoms with Gasteiger partial charge in [-0.15, -0.1) is 23.2 Å². The van der Waals surface area contributed by atoms with Crippen LogP contribution in [0.3, 0.4) is 0 Å². The zero-order valence-electron chi connectivity index (χ0n) is 20.8. The summed E-state index contributed by atoms with van der Waals surface area (Å²) in [5.74, 6) is 0.366. The van der Waals surface area contributed by atoms with Crippen molar-refractivity contribution >= 4 is 55.1 Å². The minimum atomic E-state index is -0.513. The average Bonchev–Trinajstić information content (AvgIpc) is 3.24. The molecule has 2 aliphatic rings. The SMILES string of the molecule is CC[C@@]1(C=C(Br)Br)O[C@@H](OC)C(OC)C1C.CC[C@@]1(CO)O[C@@H](OC)C(OC)C1C.ClCCl. The van der Waals surface area contributed by atoms with Crippen LogP contribution in [-0.2, 0) is 28.4 Å². The van der Waals surface area contributed by atoms with Gasteiger partial charge in [0.05, 0.1) is 26.5 Å². The van der Waals surface area contributed by atoms with Crippen LogP contribution in [0.4, 0.5) is 0 Å². The zero-order chi connectivity index (χ0) is 25.8. The van der Waals surface area contributed by atoms with Crippen LogP contribution in [-0.4, -0.2) is 81.5 Å². The van der Waals surface area contributed by atoms with Gasteiger partial charge < -0.3 is 33.5 Å². The second-order valence-corrected chi connectivity index (χ2v) is 11.4. The van der Waals surface area contributed by atoms with Gasteiger partial charge in [0.1, 0.15) is 12.2 Å². The van der Waals surface area contributed by atoms with Crippen molar-refractivity contribution in [1.29, 1.82) is 0 Å². The molecule has 0 radical (unpaired) electrons. The minimum absolute atomic E-state index is 0.00435. The van der Waals surface area contributed by atoms with Crippen LogP contribution in [0.25, 0.3) is 0 Å². The number of alkyl halides is 2. The molecule has 0 saturated carbocycles. The lowest BCUT2D eigenvalue weighted by Gasteiger charge is -2.29. The number of hydrogen-bond acceptors (Lipinski definition) is 7. The first-order valence-electron chi connectivity index (χ1n) is 10.8. The van der Waals surface area contributed by atoms with Crippen LogP contribution < -0.4 is 0 Å². The number of halogens is 4. The first kappa shape index (κ1) is 34.0. The molecule has 4 unspecified atom stereocenters. The van der Waals surface area contributed by atoms with E-state index in [2.05, 4.69) is 45.7 Å². The van der Waals surface area contributed by atoms with Crippen molar-refractivity contribution in [1.82, 2.24) is 0 Å². The molecule has 2 saturated heterocycles. The average molecular weight is 647 g/mol. The Balaban J connectivity index is 0.000000558. The smallest absolute Gasteiger partial charge is 0.184 e. The number of hydrogen-bond donors (Lipinski definition) is 1. The predicted octanol–water partition coefficient (Wildman–Crippen LogP) is 5.62. The van der Waals surface area contributed by atoms with Crippen LogP contribution in [0.2, 0.25) is 0 Å². The van der Waals surface area contributed by atoms with E-state index in [1.807, 2.05) is 19.9 Å². The normalized spacial score (nSPS) is 37.6. The molecule has 2 heterocycles. The van der Waals surface area contributed by atoms with E-state index in [9.17, 15) is 5.11 Å². The monoisotopic (exact) mass is 644 g/mol. The molecular weight excluding hydrogens is 607 g/mol. The first-order chi connectivity index (χ1) is 15.6. The Labute approximate surface area is 226 Å². The molecule has 1 N–H and O–H groups in total. The summed E-state index contributed by atoms with van der Waals surface area (Å²) < 4.78 is 33.9. The van der Waals surface area contributed by atoms with Crippen LogP contribution in [0, 0.1) is 11.8 Å². The summed E-state index contributed by atoms with van der Waals surface area (Å²) in [6.07, 6.45) is 2.83. The van der Waals surface area contributed by atoms with Gasteiger partial charge >= 0.3 is 0 Å². The molecule has 198 valence electrons. The molecule has 2 aliphatic heterocycles. The lowest BCUT2D eigenvalue weighted by Crippen LogP contribution is -2.40. The Morgan fingerprint density at radius 1 is 0.879 bits per heavy atom. The van der Waals surface area contributed by atoms with E-state index in [0.717, 1.165) is 16.2 Å². The Morgan fingerprint density at radius 3 is 1.61 bits per heavy atom. The summed E-state index contributed by atoms with van der Waals surface area (Å²) in [5.41, 5.74) is -0.856. The van der Waals surface area contributed by atoms with E-state index >= 15 is 0 Å². The van der Waals surface area contributed by atoms with Gasteiger partial charge in [0.15, 0.2) is 12.6 Å². The van der Waals surface area contributed by atoms with E-state index < -0.39 is 5.60 Å². The number of aliphatic hydroxyl groups excluding tert-OH is 1. The summed E-state index contributed by atoms with van der Waals surface area (Å²) in [6, 6.07) is 0. The topological polar surface area (TPSA) is 75.6 Å². The molecule has 7 nitrogen and oxygen atoms in total. The Hall–Kier alpha value is 1.000. The molecule has 0 amide bonds. The van der Waals surface area contributed by atoms with E-state index in [0.29, 0.717) is 0 Å². The van der Waals surface area contributed by atoms with Crippen molar-refractivity contribution in [2.24, 2.45) is 11.8 Å². The van der Waals surface area contributed by atoms with Gasteiger partial charge in [0, 0.05) is 40.3 Å². The highest BCUT2D eigenvalue weighted by molar-refractivity contribution is 9.28. The summed E-state index contributed by atoms with van der Waals surface area (Å²) in [5, 5.41) is 9.57. The molecule has 11 heteroatoms. The highest BCUT2D eigenvalue weighted by atomic mass is 79.9. The van der Waals surface area contributed by atoms with Gasteiger partial charge in [-0.25, -0.2) is 0 Å². The molecule has 2 fully saturated rings. The van der Waals surface area contributed by atoms with E-state index in [1.54, 1.807) is 28.4 Å². The molecule has 8 atom stereocenters. The van der Waals surface area contributed by atoms with Gasteiger partial charge in [-0.1, -0.05) is 27.7 Å². The maximum absolute atomic E-state index is 9.38. The van der Waals surface area contributed by atoms with E-state index in [4.69, 9.17) is 51.6 Å². The Morgan fingerprint density at radius 2 is 1.33 bits per heavy atom. The number of rotatable bonds is 8. The van der Waals surface area contributed by atoms with Crippen LogP contribution in [0.15, 0.2) is 9.47 Å². The lowest BCUT2D eigenvalue weighted by atomic mass is 9.85. The largest absolute Gasteiger partial charge is 0.393 e. The highest BCUT2D eigenvalue weighted by Gasteiger charge is 2.52. The van der Waals surface area contributed by atoms with E-state index in [-0.39, 0.29) is 54.2 Å². The van der Waals surface area contributed by atoms with Crippen molar-refractivity contribution in [3.8, 4) is 0 Å². The second kappa shape index (κ2) is 16.7. The Kier molecular flexibility index (Phi) is 17.2. The lowest BCUT2D eigenvalue weighted by molar-refractivity contribution is -0.189. The second-order valence-electron chi connectivity index (χ2n) is 7.84. The number of ether oxygens (including phenoxy) is 6. The van der Waals surface area contributed by atoms with Gasteiger partial charge in [-0.3, -0.25) is 0 Å². The van der Waals surface area contributed by atoms with Crippen molar-refractivity contribution in [2.75, 3.05) is 40.4 Å². The van der Waals surface area contributed by atoms with Crippen LogP contribution in [0.1, 0.15) is 40.5 Å². The molecule has 0 aliphatic carbocycles. The van der Waals surface area contributed by atoms with Gasteiger partial charge in [-0.2, -0.15) is 0 Å². The van der Waals surface area contributed by atoms with Crippen LogP contribution >= 0.6 is 55.1 Å². The zero-order valence-corrected chi connectivity index (χ0v) is 25.5. The van der Waals surface area contributed by atoms with Gasteiger partial charge in [0.25, 0.3) is 0 Å². The molecule has 2 rings (SSSR count). The first-order valence-corrected chi connectivity index (χ1v) is 13.5. The standard InChI is InChI=1S/C11H18Br2O3.C10H20O4.CH2Cl2/c1-5-11(6-8(12)13)7(2)9(14-3)10(15-4)16-11;1-5-10(6-11)7(2)8(12-3)9(13-4)14-10;2-1-3/h6-7,9-10H,5H2,1-4H3;7-9,11H,5-6H2,1-4H3;1H2/t7?,9?,10-,11+;7?,8?,9-,10+;/m11./s1. The molecule has 0 bridgehead atoms. The summed E-state index contributed by atoms with van der Waals surface area (Å²) in [6.45, 7) is 8.24. The predicted molar refractivity (Wildman–Crippen MR) is 139 cm³/mol. The fourth-order valence-corrected chi connectivity index (χ4v) is 5.17. The fraction of sp³-hybridized carbons (Fsp3) is 0.909. The van der Waals surface area contributed by atoms with Crippen molar-refractivity contribution < 1.29 is 33.5 Å². The fourth-order valence-electron chi connectivity index (χ4n) is 4.40. The Bertz CT molecular complexity index is 565. The molecule has 0 aromatic rings. The quantitative estimate of drug-likeness (QED) is 0.343. The molecule has 33 heavy (non-hydrogen) atoms. The third-order valence-corrected chi connectivity index (χ3v) is 7.05. The van der Waals surface area contributed by atoms with Crippen molar-refractivity contribution in [3.63, 3.8) is 0 Å². The highest BCUT2D eigenvalue weighted by Crippen LogP contribution is 2.43. The number of methoxy groups -OCH3 is 4. The number of aliphatic hydroxyl groups is 1. The molecule has 0 aromatic heterocycles. The maximum Gasteiger partial charge on any atom is 0.184 e. The van der Waals surface area contributed by atoms with Gasteiger partial charge in [-0.05, 0) is 50.8 Å². The van der Waals surface area contributed by atoms with Crippen molar-refractivity contribution in [3.05, 3.63) is 9.47 Å².